The van der Waals surface area contributed by atoms with Crippen LogP contribution in [-0.4, -0.2) is 60.5 Å². The molecule has 3 aromatic carbocycles. The van der Waals surface area contributed by atoms with E-state index in [0.717, 1.165) is 11.8 Å². The monoisotopic (exact) mass is 635 g/mol. The number of carbonyl (C=O) groups excluding carboxylic acids is 1. The number of benzene rings is 3. The summed E-state index contributed by atoms with van der Waals surface area (Å²) < 4.78 is 67.6. The zero-order valence-corrected chi connectivity index (χ0v) is 26.5. The molecule has 6 rings (SSSR count). The lowest BCUT2D eigenvalue weighted by atomic mass is 9.89. The van der Waals surface area contributed by atoms with Crippen LogP contribution in [0.1, 0.15) is 40.2 Å². The molecule has 1 amide bonds. The van der Waals surface area contributed by atoms with E-state index >= 15 is 0 Å². The molecule has 230 valence electrons. The molecule has 5 aromatic rings. The Bertz CT molecular complexity index is 2080. The molecule has 0 unspecified atom stereocenters. The molecule has 12 heteroatoms. The van der Waals surface area contributed by atoms with Gasteiger partial charge in [0.05, 0.1) is 17.5 Å². The molecule has 1 saturated heterocycles. The van der Waals surface area contributed by atoms with Crippen molar-refractivity contribution in [3.8, 4) is 11.3 Å². The summed E-state index contributed by atoms with van der Waals surface area (Å²) >= 11 is 0. The van der Waals surface area contributed by atoms with Gasteiger partial charge in [0.25, 0.3) is 15.9 Å². The van der Waals surface area contributed by atoms with Crippen molar-refractivity contribution in [2.75, 3.05) is 37.7 Å². The summed E-state index contributed by atoms with van der Waals surface area (Å²) in [5.74, 6) is -0.365. The van der Waals surface area contributed by atoms with E-state index in [2.05, 4.69) is 5.32 Å². The number of nitrogens with one attached hydrogen (secondary N) is 1. The lowest BCUT2D eigenvalue weighted by molar-refractivity contribution is 0.0964. The summed E-state index contributed by atoms with van der Waals surface area (Å²) in [5.41, 5.74) is 3.86. The molecule has 0 aliphatic carbocycles. The first-order chi connectivity index (χ1) is 20.9. The van der Waals surface area contributed by atoms with Crippen LogP contribution in [-0.2, 0) is 20.0 Å². The van der Waals surface area contributed by atoms with E-state index in [1.165, 1.54) is 28.8 Å². The average molecular weight is 636 g/mol. The van der Waals surface area contributed by atoms with Crippen molar-refractivity contribution in [3.63, 3.8) is 0 Å². The molecule has 1 aliphatic heterocycles. The number of nitrogens with zero attached hydrogens (tertiary/aromatic N) is 2. The van der Waals surface area contributed by atoms with Crippen LogP contribution in [0.2, 0.25) is 0 Å². The predicted molar refractivity (Wildman–Crippen MR) is 170 cm³/mol. The summed E-state index contributed by atoms with van der Waals surface area (Å²) in [4.78, 5) is 13.3. The summed E-state index contributed by atoms with van der Waals surface area (Å²) in [7, 11) is -4.69. The lowest BCUT2D eigenvalue weighted by Crippen LogP contribution is -2.39. The summed E-state index contributed by atoms with van der Waals surface area (Å²) in [6.45, 7) is 2.36. The highest BCUT2D eigenvalue weighted by Crippen LogP contribution is 2.42. The quantitative estimate of drug-likeness (QED) is 0.251. The van der Waals surface area contributed by atoms with Crippen molar-refractivity contribution >= 4 is 53.6 Å². The number of aryl methyl sites for hydroxylation is 1. The Morgan fingerprint density at radius 3 is 2.39 bits per heavy atom. The number of hydrogen-bond donors (Lipinski definition) is 1. The van der Waals surface area contributed by atoms with Crippen molar-refractivity contribution in [1.82, 2.24) is 9.62 Å². The third-order valence-corrected chi connectivity index (χ3v) is 11.2. The molecule has 0 saturated carbocycles. The Labute approximate surface area is 256 Å². The van der Waals surface area contributed by atoms with Crippen LogP contribution in [0.25, 0.3) is 33.3 Å². The Kier molecular flexibility index (Phi) is 7.55. The normalized spacial score (nSPS) is 16.4. The van der Waals surface area contributed by atoms with E-state index < -0.39 is 20.0 Å². The molecule has 2 aromatic heterocycles. The molecule has 0 spiro atoms. The van der Waals surface area contributed by atoms with E-state index in [-0.39, 0.29) is 23.5 Å². The van der Waals surface area contributed by atoms with Crippen molar-refractivity contribution in [1.29, 1.82) is 0 Å². The van der Waals surface area contributed by atoms with Crippen LogP contribution in [0.4, 0.5) is 5.69 Å². The Morgan fingerprint density at radius 2 is 1.70 bits per heavy atom. The van der Waals surface area contributed by atoms with Gasteiger partial charge in [-0.2, -0.15) is 4.31 Å². The number of fused-ring (bicyclic) bond motifs is 2. The largest absolute Gasteiger partial charge is 0.455 e. The molecule has 0 radical (unpaired) electrons. The fraction of sp³-hybridized carbons (Fsp3) is 0.281. The maximum atomic E-state index is 13.7. The van der Waals surface area contributed by atoms with E-state index in [1.807, 2.05) is 37.3 Å². The zero-order valence-electron chi connectivity index (χ0n) is 24.8. The Morgan fingerprint density at radius 1 is 0.977 bits per heavy atom. The lowest BCUT2D eigenvalue weighted by Gasteiger charge is -2.33. The fourth-order valence-electron chi connectivity index (χ4n) is 5.81. The van der Waals surface area contributed by atoms with Crippen LogP contribution < -0.4 is 9.62 Å². The number of carbonyl (C=O) groups is 1. The topological polar surface area (TPSA) is 130 Å². The van der Waals surface area contributed by atoms with Gasteiger partial charge in [0, 0.05) is 55.7 Å². The fourth-order valence-corrected chi connectivity index (χ4v) is 7.80. The number of rotatable bonds is 7. The highest BCUT2D eigenvalue weighted by atomic mass is 32.2. The predicted octanol–water partition coefficient (Wildman–Crippen LogP) is 5.48. The van der Waals surface area contributed by atoms with Gasteiger partial charge >= 0.3 is 0 Å². The molecule has 1 fully saturated rings. The summed E-state index contributed by atoms with van der Waals surface area (Å²) in [5, 5.41) is 3.76. The minimum Gasteiger partial charge on any atom is -0.455 e. The average Bonchev–Trinajstić information content (AvgIpc) is 3.62. The van der Waals surface area contributed by atoms with Crippen LogP contribution in [0.3, 0.4) is 0 Å². The van der Waals surface area contributed by atoms with Crippen molar-refractivity contribution < 1.29 is 30.5 Å². The first-order valence-electron chi connectivity index (χ1n) is 14.2. The number of anilines is 1. The molecule has 3 heterocycles. The number of piperidine rings is 1. The molecule has 1 atom stereocenters. The Balaban J connectivity index is 1.49. The Hall–Kier alpha value is -4.13. The minimum absolute atomic E-state index is 0.105. The third kappa shape index (κ3) is 5.27. The van der Waals surface area contributed by atoms with E-state index in [0.29, 0.717) is 69.5 Å². The number of hydrogen-bond acceptors (Lipinski definition) is 7. The second-order valence-corrected chi connectivity index (χ2v) is 15.1. The summed E-state index contributed by atoms with van der Waals surface area (Å²) in [6.07, 6.45) is 2.27. The SMILES string of the molecule is CNC(=O)c1c(-c2ccc(C)cc2)oc2cc(N(C)S(C)(=O)=O)c([C@H]3CCCN(S(=O)(=O)c4cc5ccccc5o4)C3)cc12. The van der Waals surface area contributed by atoms with Crippen molar-refractivity contribution in [2.45, 2.75) is 30.8 Å². The van der Waals surface area contributed by atoms with Crippen LogP contribution >= 0.6 is 0 Å². The van der Waals surface area contributed by atoms with Gasteiger partial charge in [0.15, 0.2) is 0 Å². The zero-order chi connectivity index (χ0) is 31.4. The van der Waals surface area contributed by atoms with Crippen LogP contribution in [0.15, 0.2) is 80.7 Å². The number of para-hydroxylation sites is 1. The molecule has 1 N–H and O–H groups in total. The summed E-state index contributed by atoms with van der Waals surface area (Å²) in [6, 6.07) is 19.6. The van der Waals surface area contributed by atoms with Gasteiger partial charge in [-0.05, 0) is 43.4 Å². The molecule has 0 bridgehead atoms. The maximum absolute atomic E-state index is 13.7. The number of amides is 1. The molecular weight excluding hydrogens is 603 g/mol. The minimum atomic E-state index is -3.98. The molecular formula is C32H33N3O7S2. The first-order valence-corrected chi connectivity index (χ1v) is 17.5. The first kappa shape index (κ1) is 29.9. The van der Waals surface area contributed by atoms with Gasteiger partial charge in [-0.3, -0.25) is 9.10 Å². The van der Waals surface area contributed by atoms with E-state index in [4.69, 9.17) is 8.83 Å². The van der Waals surface area contributed by atoms with Crippen molar-refractivity contribution in [3.05, 3.63) is 83.4 Å². The smallest absolute Gasteiger partial charge is 0.276 e. The second kappa shape index (κ2) is 11.1. The van der Waals surface area contributed by atoms with Crippen LogP contribution in [0.5, 0.6) is 0 Å². The number of furan rings is 2. The highest BCUT2D eigenvalue weighted by Gasteiger charge is 2.36. The van der Waals surface area contributed by atoms with Gasteiger partial charge in [0.2, 0.25) is 15.1 Å². The molecule has 1 aliphatic rings. The van der Waals surface area contributed by atoms with Crippen molar-refractivity contribution in [2.24, 2.45) is 0 Å². The van der Waals surface area contributed by atoms with E-state index in [9.17, 15) is 21.6 Å². The van der Waals surface area contributed by atoms with Gasteiger partial charge in [-0.25, -0.2) is 16.8 Å². The molecule has 44 heavy (non-hydrogen) atoms. The standard InChI is InChI=1S/C32H33N3O7S2/c1-20-11-13-21(14-12-20)31-30(32(36)33-2)25-17-24(26(18-28(25)42-31)34(3)43(4,37)38)23-9-7-15-35(19-23)44(39,40)29-16-22-8-5-6-10-27(22)41-29/h5-6,8,10-14,16-18,23H,7,9,15,19H2,1-4H3,(H,33,36)/t23-/m0/s1. The molecule has 10 nitrogen and oxygen atoms in total. The van der Waals surface area contributed by atoms with Crippen LogP contribution in [0, 0.1) is 6.92 Å². The number of sulfonamides is 2. The van der Waals surface area contributed by atoms with Gasteiger partial charge in [-0.1, -0.05) is 48.0 Å². The van der Waals surface area contributed by atoms with Gasteiger partial charge in [0.1, 0.15) is 16.9 Å². The van der Waals surface area contributed by atoms with Gasteiger partial charge in [-0.15, -0.1) is 0 Å². The van der Waals surface area contributed by atoms with Gasteiger partial charge < -0.3 is 14.2 Å². The van der Waals surface area contributed by atoms with E-state index in [1.54, 1.807) is 30.3 Å². The highest BCUT2D eigenvalue weighted by molar-refractivity contribution is 7.92. The third-order valence-electron chi connectivity index (χ3n) is 8.26. The second-order valence-electron chi connectivity index (χ2n) is 11.2. The maximum Gasteiger partial charge on any atom is 0.276 e.